The first-order valence-corrected chi connectivity index (χ1v) is 8.81. The van der Waals surface area contributed by atoms with E-state index in [1.54, 1.807) is 56.4 Å². The van der Waals surface area contributed by atoms with E-state index in [4.69, 9.17) is 5.26 Å². The summed E-state index contributed by atoms with van der Waals surface area (Å²) in [7, 11) is 1.64. The number of carbonyl (C=O) groups is 1. The van der Waals surface area contributed by atoms with Gasteiger partial charge in [-0.1, -0.05) is 30.0 Å². The third-order valence-electron chi connectivity index (χ3n) is 3.85. The van der Waals surface area contributed by atoms with Crippen LogP contribution in [0.25, 0.3) is 10.9 Å². The van der Waals surface area contributed by atoms with E-state index in [-0.39, 0.29) is 11.5 Å². The summed E-state index contributed by atoms with van der Waals surface area (Å²) < 4.78 is 1.45. The van der Waals surface area contributed by atoms with Crippen LogP contribution in [0.4, 0.5) is 5.69 Å². The fourth-order valence-corrected chi connectivity index (χ4v) is 3.30. The van der Waals surface area contributed by atoms with Crippen LogP contribution in [0.3, 0.4) is 0 Å². The van der Waals surface area contributed by atoms with Crippen LogP contribution in [0.15, 0.2) is 58.5 Å². The van der Waals surface area contributed by atoms with Crippen molar-refractivity contribution in [1.29, 1.82) is 5.26 Å². The summed E-state index contributed by atoms with van der Waals surface area (Å²) in [4.78, 5) is 29.4. The molecule has 26 heavy (non-hydrogen) atoms. The highest BCUT2D eigenvalue weighted by Gasteiger charge is 2.18. The third kappa shape index (κ3) is 3.60. The van der Waals surface area contributed by atoms with E-state index in [9.17, 15) is 9.59 Å². The summed E-state index contributed by atoms with van der Waals surface area (Å²) in [5, 5.41) is 12.3. The third-order valence-corrected chi connectivity index (χ3v) is 5.00. The molecule has 0 aliphatic rings. The number of anilines is 1. The van der Waals surface area contributed by atoms with Crippen LogP contribution in [0.5, 0.6) is 0 Å². The van der Waals surface area contributed by atoms with Crippen molar-refractivity contribution < 1.29 is 4.79 Å². The molecule has 0 aliphatic carbocycles. The Morgan fingerprint density at radius 2 is 2.04 bits per heavy atom. The zero-order valence-corrected chi connectivity index (χ0v) is 15.1. The molecule has 0 saturated carbocycles. The van der Waals surface area contributed by atoms with E-state index in [1.807, 2.05) is 12.1 Å². The van der Waals surface area contributed by atoms with Crippen LogP contribution in [0, 0.1) is 11.3 Å². The Hall–Kier alpha value is -3.11. The Balaban J connectivity index is 1.81. The second-order valence-corrected chi connectivity index (χ2v) is 7.03. The first kappa shape index (κ1) is 17.7. The van der Waals surface area contributed by atoms with Crippen molar-refractivity contribution in [3.05, 3.63) is 64.4 Å². The lowest BCUT2D eigenvalue weighted by atomic mass is 10.2. The van der Waals surface area contributed by atoms with Crippen LogP contribution in [-0.4, -0.2) is 20.7 Å². The standard InChI is InChI=1S/C19H16N4O2S/c1-12(17(24)21-14-7-5-6-13(10-14)11-20)26-19-22-16-9-4-3-8-15(16)18(25)23(19)2/h3-10,12H,1-2H3,(H,21,24)/t12-/m1/s1. The zero-order chi connectivity index (χ0) is 18.7. The number of amides is 1. The molecule has 0 radical (unpaired) electrons. The number of nitrogens with zero attached hydrogens (tertiary/aromatic N) is 3. The summed E-state index contributed by atoms with van der Waals surface area (Å²) in [5.41, 5.74) is 1.49. The summed E-state index contributed by atoms with van der Waals surface area (Å²) >= 11 is 1.21. The maximum atomic E-state index is 12.4. The van der Waals surface area contributed by atoms with Gasteiger partial charge in [0.25, 0.3) is 5.56 Å². The predicted octanol–water partition coefficient (Wildman–Crippen LogP) is 2.92. The van der Waals surface area contributed by atoms with E-state index in [0.717, 1.165) is 0 Å². The molecule has 1 atom stereocenters. The van der Waals surface area contributed by atoms with Crippen molar-refractivity contribution in [1.82, 2.24) is 9.55 Å². The van der Waals surface area contributed by atoms with Gasteiger partial charge in [0, 0.05) is 12.7 Å². The highest BCUT2D eigenvalue weighted by molar-refractivity contribution is 8.00. The highest BCUT2D eigenvalue weighted by Crippen LogP contribution is 2.23. The quantitative estimate of drug-likeness (QED) is 0.568. The van der Waals surface area contributed by atoms with Crippen molar-refractivity contribution in [3.63, 3.8) is 0 Å². The smallest absolute Gasteiger partial charge is 0.261 e. The maximum absolute atomic E-state index is 12.4. The second-order valence-electron chi connectivity index (χ2n) is 5.72. The van der Waals surface area contributed by atoms with Crippen molar-refractivity contribution >= 4 is 34.3 Å². The summed E-state index contributed by atoms with van der Waals surface area (Å²) in [6.45, 7) is 1.75. The molecule has 3 aromatic rings. The minimum absolute atomic E-state index is 0.146. The number of hydrogen-bond acceptors (Lipinski definition) is 5. The summed E-state index contributed by atoms with van der Waals surface area (Å²) in [6, 6.07) is 15.9. The summed E-state index contributed by atoms with van der Waals surface area (Å²) in [5.74, 6) is -0.229. The molecule has 1 heterocycles. The van der Waals surface area contributed by atoms with Crippen molar-refractivity contribution in [3.8, 4) is 6.07 Å². The molecule has 0 bridgehead atoms. The monoisotopic (exact) mass is 364 g/mol. The van der Waals surface area contributed by atoms with Gasteiger partial charge in [0.2, 0.25) is 5.91 Å². The Morgan fingerprint density at radius 3 is 2.81 bits per heavy atom. The largest absolute Gasteiger partial charge is 0.325 e. The van der Waals surface area contributed by atoms with E-state index >= 15 is 0 Å². The van der Waals surface area contributed by atoms with E-state index in [0.29, 0.717) is 27.3 Å². The van der Waals surface area contributed by atoms with Crippen LogP contribution in [-0.2, 0) is 11.8 Å². The van der Waals surface area contributed by atoms with Gasteiger partial charge < -0.3 is 5.32 Å². The molecule has 0 spiro atoms. The molecule has 130 valence electrons. The molecule has 2 aromatic carbocycles. The number of thioether (sulfide) groups is 1. The van der Waals surface area contributed by atoms with Crippen LogP contribution >= 0.6 is 11.8 Å². The number of carbonyl (C=O) groups excluding carboxylic acids is 1. The number of nitriles is 1. The first-order valence-electron chi connectivity index (χ1n) is 7.93. The van der Waals surface area contributed by atoms with E-state index < -0.39 is 5.25 Å². The summed E-state index contributed by atoms with van der Waals surface area (Å²) in [6.07, 6.45) is 0. The van der Waals surface area contributed by atoms with Gasteiger partial charge in [0.15, 0.2) is 5.16 Å². The first-order chi connectivity index (χ1) is 12.5. The average Bonchev–Trinajstić information content (AvgIpc) is 2.66. The molecule has 0 unspecified atom stereocenters. The minimum Gasteiger partial charge on any atom is -0.325 e. The highest BCUT2D eigenvalue weighted by atomic mass is 32.2. The molecule has 6 nitrogen and oxygen atoms in total. The fourth-order valence-electron chi connectivity index (χ4n) is 2.42. The zero-order valence-electron chi connectivity index (χ0n) is 14.3. The molecule has 0 fully saturated rings. The topological polar surface area (TPSA) is 87.8 Å². The Bertz CT molecular complexity index is 1080. The van der Waals surface area contributed by atoms with Crippen LogP contribution in [0.2, 0.25) is 0 Å². The molecular weight excluding hydrogens is 348 g/mol. The molecule has 1 amide bonds. The molecule has 1 N–H and O–H groups in total. The van der Waals surface area contributed by atoms with E-state index in [2.05, 4.69) is 10.3 Å². The Labute approximate surface area is 154 Å². The van der Waals surface area contributed by atoms with Gasteiger partial charge in [-0.3, -0.25) is 14.2 Å². The van der Waals surface area contributed by atoms with Gasteiger partial charge >= 0.3 is 0 Å². The van der Waals surface area contributed by atoms with E-state index in [1.165, 1.54) is 16.3 Å². The molecular formula is C19H16N4O2S. The molecule has 3 rings (SSSR count). The van der Waals surface area contributed by atoms with Crippen molar-refractivity contribution in [2.75, 3.05) is 5.32 Å². The van der Waals surface area contributed by atoms with Crippen molar-refractivity contribution in [2.24, 2.45) is 7.05 Å². The number of hydrogen-bond donors (Lipinski definition) is 1. The number of para-hydroxylation sites is 1. The number of benzene rings is 2. The number of fused-ring (bicyclic) bond motifs is 1. The lowest BCUT2D eigenvalue weighted by Crippen LogP contribution is -2.25. The second kappa shape index (κ2) is 7.42. The lowest BCUT2D eigenvalue weighted by Gasteiger charge is -2.14. The minimum atomic E-state index is -0.472. The van der Waals surface area contributed by atoms with Gasteiger partial charge in [-0.25, -0.2) is 4.98 Å². The van der Waals surface area contributed by atoms with Gasteiger partial charge in [0.05, 0.1) is 27.8 Å². The van der Waals surface area contributed by atoms with Gasteiger partial charge in [-0.05, 0) is 37.3 Å². The lowest BCUT2D eigenvalue weighted by molar-refractivity contribution is -0.115. The SMILES string of the molecule is C[C@@H](Sc1nc2ccccc2c(=O)n1C)C(=O)Nc1cccc(C#N)c1. The molecule has 7 heteroatoms. The number of rotatable bonds is 4. The van der Waals surface area contributed by atoms with Crippen molar-refractivity contribution in [2.45, 2.75) is 17.3 Å². The Morgan fingerprint density at radius 1 is 1.27 bits per heavy atom. The average molecular weight is 364 g/mol. The number of nitrogens with one attached hydrogen (secondary N) is 1. The molecule has 0 saturated heterocycles. The number of aromatic nitrogens is 2. The Kier molecular flexibility index (Phi) is 5.05. The van der Waals surface area contributed by atoms with Gasteiger partial charge in [0.1, 0.15) is 0 Å². The molecule has 0 aliphatic heterocycles. The van der Waals surface area contributed by atoms with Gasteiger partial charge in [-0.15, -0.1) is 0 Å². The fraction of sp³-hybridized carbons (Fsp3) is 0.158. The van der Waals surface area contributed by atoms with Crippen LogP contribution in [0.1, 0.15) is 12.5 Å². The normalized spacial score (nSPS) is 11.7. The molecule has 1 aromatic heterocycles. The van der Waals surface area contributed by atoms with Crippen LogP contribution < -0.4 is 10.9 Å². The predicted molar refractivity (Wildman–Crippen MR) is 102 cm³/mol. The van der Waals surface area contributed by atoms with Gasteiger partial charge in [-0.2, -0.15) is 5.26 Å². The maximum Gasteiger partial charge on any atom is 0.261 e.